The predicted molar refractivity (Wildman–Crippen MR) is 92.3 cm³/mol. The fraction of sp³-hybridized carbons (Fsp3) is 0.778. The Kier molecular flexibility index (Phi) is 13.4. The molecule has 5 heteroatoms. The number of allylic oxidation sites excluding steroid dienone is 1. The van der Waals surface area contributed by atoms with Crippen LogP contribution < -0.4 is 0 Å². The van der Waals surface area contributed by atoms with Gasteiger partial charge in [-0.05, 0) is 44.9 Å². The summed E-state index contributed by atoms with van der Waals surface area (Å²) in [5.41, 5.74) is 0. The molecule has 1 atom stereocenters. The van der Waals surface area contributed by atoms with Crippen molar-refractivity contribution in [3.05, 3.63) is 12.7 Å². The van der Waals surface area contributed by atoms with E-state index >= 15 is 0 Å². The van der Waals surface area contributed by atoms with Gasteiger partial charge < -0.3 is 15.1 Å². The maximum absolute atomic E-state index is 11.6. The Morgan fingerprint density at radius 3 is 2.26 bits per heavy atom. The molecule has 0 aromatic heterocycles. The van der Waals surface area contributed by atoms with Crippen LogP contribution in [-0.2, 0) is 9.59 Å². The maximum atomic E-state index is 11.6. The highest BCUT2D eigenvalue weighted by Gasteiger charge is 2.10. The minimum Gasteiger partial charge on any atom is -0.481 e. The normalized spacial score (nSPS) is 11.9. The number of carboxylic acids is 1. The SMILES string of the molecule is C=CCCCC(O)CCCN(CCCCCCC(=O)O)C(C)=O. The van der Waals surface area contributed by atoms with Gasteiger partial charge in [-0.3, -0.25) is 9.59 Å². The van der Waals surface area contributed by atoms with Gasteiger partial charge in [-0.1, -0.05) is 18.9 Å². The first kappa shape index (κ1) is 21.6. The standard InChI is InChI=1S/C18H33NO4/c1-3-4-7-11-17(21)12-10-15-19(16(2)20)14-9-6-5-8-13-18(22)23/h3,17,21H,1,4-15H2,2H3,(H,22,23). The van der Waals surface area contributed by atoms with Gasteiger partial charge in [0.15, 0.2) is 0 Å². The maximum Gasteiger partial charge on any atom is 0.303 e. The van der Waals surface area contributed by atoms with Crippen LogP contribution in [0, 0.1) is 0 Å². The first-order chi connectivity index (χ1) is 11.0. The average molecular weight is 327 g/mol. The number of aliphatic hydroxyl groups is 1. The summed E-state index contributed by atoms with van der Waals surface area (Å²) in [4.78, 5) is 23.8. The van der Waals surface area contributed by atoms with E-state index in [-0.39, 0.29) is 18.4 Å². The van der Waals surface area contributed by atoms with E-state index in [1.54, 1.807) is 6.92 Å². The molecule has 0 saturated heterocycles. The molecular weight excluding hydrogens is 294 g/mol. The minimum absolute atomic E-state index is 0.0664. The van der Waals surface area contributed by atoms with Crippen molar-refractivity contribution >= 4 is 11.9 Å². The fourth-order valence-corrected chi connectivity index (χ4v) is 2.52. The number of amides is 1. The van der Waals surface area contributed by atoms with E-state index in [4.69, 9.17) is 5.11 Å². The molecule has 23 heavy (non-hydrogen) atoms. The number of unbranched alkanes of at least 4 members (excludes halogenated alkanes) is 4. The van der Waals surface area contributed by atoms with Crippen molar-refractivity contribution in [2.45, 2.75) is 77.2 Å². The number of hydrogen-bond donors (Lipinski definition) is 2. The number of hydrogen-bond acceptors (Lipinski definition) is 3. The van der Waals surface area contributed by atoms with Gasteiger partial charge in [0.25, 0.3) is 0 Å². The highest BCUT2D eigenvalue weighted by Crippen LogP contribution is 2.09. The van der Waals surface area contributed by atoms with E-state index in [1.165, 1.54) is 0 Å². The molecule has 0 aliphatic rings. The lowest BCUT2D eigenvalue weighted by Gasteiger charge is -2.21. The predicted octanol–water partition coefficient (Wildman–Crippen LogP) is 3.37. The molecule has 0 bridgehead atoms. The third kappa shape index (κ3) is 14.0. The van der Waals surface area contributed by atoms with E-state index < -0.39 is 5.97 Å². The topological polar surface area (TPSA) is 77.8 Å². The molecule has 134 valence electrons. The molecule has 0 aliphatic heterocycles. The molecule has 0 rings (SSSR count). The van der Waals surface area contributed by atoms with Gasteiger partial charge in [0.2, 0.25) is 5.91 Å². The molecule has 0 aromatic carbocycles. The lowest BCUT2D eigenvalue weighted by atomic mass is 10.1. The van der Waals surface area contributed by atoms with Gasteiger partial charge in [0.1, 0.15) is 0 Å². The van der Waals surface area contributed by atoms with E-state index in [0.29, 0.717) is 13.0 Å². The Bertz CT molecular complexity index is 344. The van der Waals surface area contributed by atoms with Crippen LogP contribution in [0.1, 0.15) is 71.1 Å². The molecule has 0 aliphatic carbocycles. The van der Waals surface area contributed by atoms with E-state index in [2.05, 4.69) is 6.58 Å². The number of carboxylic acid groups (broad SMARTS) is 1. The summed E-state index contributed by atoms with van der Waals surface area (Å²) in [6, 6.07) is 0. The second-order valence-corrected chi connectivity index (χ2v) is 6.08. The van der Waals surface area contributed by atoms with Crippen molar-refractivity contribution in [3.63, 3.8) is 0 Å². The third-order valence-electron chi connectivity index (χ3n) is 3.92. The van der Waals surface area contributed by atoms with Gasteiger partial charge in [-0.2, -0.15) is 0 Å². The number of rotatable bonds is 15. The van der Waals surface area contributed by atoms with Crippen LogP contribution in [0.2, 0.25) is 0 Å². The number of aliphatic carboxylic acids is 1. The second-order valence-electron chi connectivity index (χ2n) is 6.08. The highest BCUT2D eigenvalue weighted by molar-refractivity contribution is 5.73. The summed E-state index contributed by atoms with van der Waals surface area (Å²) in [5, 5.41) is 18.4. The Labute approximate surface area is 140 Å². The van der Waals surface area contributed by atoms with Gasteiger partial charge in [-0.15, -0.1) is 6.58 Å². The second kappa shape index (κ2) is 14.2. The Morgan fingerprint density at radius 2 is 1.65 bits per heavy atom. The monoisotopic (exact) mass is 327 g/mol. The Hall–Kier alpha value is -1.36. The molecule has 0 spiro atoms. The van der Waals surface area contributed by atoms with Crippen LogP contribution in [0.3, 0.4) is 0 Å². The van der Waals surface area contributed by atoms with Gasteiger partial charge in [0.05, 0.1) is 6.10 Å². The first-order valence-electron chi connectivity index (χ1n) is 8.73. The summed E-state index contributed by atoms with van der Waals surface area (Å²) in [6.07, 6.45) is 9.44. The summed E-state index contributed by atoms with van der Waals surface area (Å²) in [6.45, 7) is 6.64. The average Bonchev–Trinajstić information content (AvgIpc) is 2.48. The van der Waals surface area contributed by atoms with E-state index in [0.717, 1.165) is 57.9 Å². The summed E-state index contributed by atoms with van der Waals surface area (Å²) >= 11 is 0. The van der Waals surface area contributed by atoms with E-state index in [1.807, 2.05) is 11.0 Å². The van der Waals surface area contributed by atoms with Gasteiger partial charge in [-0.25, -0.2) is 0 Å². The van der Waals surface area contributed by atoms with Crippen LogP contribution in [0.4, 0.5) is 0 Å². The summed E-state index contributed by atoms with van der Waals surface area (Å²) in [7, 11) is 0. The van der Waals surface area contributed by atoms with Gasteiger partial charge >= 0.3 is 5.97 Å². The molecular formula is C18H33NO4. The van der Waals surface area contributed by atoms with Crippen molar-refractivity contribution in [1.29, 1.82) is 0 Å². The molecule has 0 saturated carbocycles. The smallest absolute Gasteiger partial charge is 0.303 e. The molecule has 1 unspecified atom stereocenters. The quantitative estimate of drug-likeness (QED) is 0.357. The van der Waals surface area contributed by atoms with Crippen LogP contribution >= 0.6 is 0 Å². The van der Waals surface area contributed by atoms with Crippen molar-refractivity contribution in [2.24, 2.45) is 0 Å². The lowest BCUT2D eigenvalue weighted by Crippen LogP contribution is -2.31. The number of aliphatic hydroxyl groups excluding tert-OH is 1. The van der Waals surface area contributed by atoms with E-state index in [9.17, 15) is 14.7 Å². The zero-order valence-corrected chi connectivity index (χ0v) is 14.5. The molecule has 0 radical (unpaired) electrons. The molecule has 0 heterocycles. The van der Waals surface area contributed by atoms with Crippen molar-refractivity contribution in [3.8, 4) is 0 Å². The zero-order valence-electron chi connectivity index (χ0n) is 14.5. The first-order valence-corrected chi connectivity index (χ1v) is 8.73. The number of carbonyl (C=O) groups excluding carboxylic acids is 1. The van der Waals surface area contributed by atoms with Crippen LogP contribution in [0.25, 0.3) is 0 Å². The highest BCUT2D eigenvalue weighted by atomic mass is 16.4. The summed E-state index contributed by atoms with van der Waals surface area (Å²) in [5.74, 6) is -0.682. The Balaban J connectivity index is 3.75. The molecule has 5 nitrogen and oxygen atoms in total. The molecule has 1 amide bonds. The van der Waals surface area contributed by atoms with Gasteiger partial charge in [0, 0.05) is 26.4 Å². The largest absolute Gasteiger partial charge is 0.481 e. The zero-order chi connectivity index (χ0) is 17.5. The van der Waals surface area contributed by atoms with Crippen molar-refractivity contribution < 1.29 is 19.8 Å². The van der Waals surface area contributed by atoms with Crippen LogP contribution in [0.5, 0.6) is 0 Å². The fourth-order valence-electron chi connectivity index (χ4n) is 2.52. The van der Waals surface area contributed by atoms with Crippen LogP contribution in [-0.4, -0.2) is 46.2 Å². The lowest BCUT2D eigenvalue weighted by molar-refractivity contribution is -0.137. The number of nitrogens with zero attached hydrogens (tertiary/aromatic N) is 1. The summed E-state index contributed by atoms with van der Waals surface area (Å²) < 4.78 is 0. The van der Waals surface area contributed by atoms with Crippen molar-refractivity contribution in [2.75, 3.05) is 13.1 Å². The molecule has 0 aromatic rings. The number of carbonyl (C=O) groups is 2. The molecule has 0 fully saturated rings. The third-order valence-corrected chi connectivity index (χ3v) is 3.92. The van der Waals surface area contributed by atoms with Crippen LogP contribution in [0.15, 0.2) is 12.7 Å². The Morgan fingerprint density at radius 1 is 1.04 bits per heavy atom. The van der Waals surface area contributed by atoms with Crippen molar-refractivity contribution in [1.82, 2.24) is 4.90 Å². The minimum atomic E-state index is -0.748. The molecule has 2 N–H and O–H groups in total.